The number of carboxylic acids is 1. The van der Waals surface area contributed by atoms with Crippen LogP contribution in [-0.2, 0) is 9.59 Å². The van der Waals surface area contributed by atoms with Gasteiger partial charge < -0.3 is 10.4 Å². The van der Waals surface area contributed by atoms with Gasteiger partial charge in [0.2, 0.25) is 5.91 Å². The predicted molar refractivity (Wildman–Crippen MR) is 44.8 cm³/mol. The van der Waals surface area contributed by atoms with Crippen molar-refractivity contribution in [3.8, 4) is 0 Å². The first-order chi connectivity index (χ1) is 5.61. The summed E-state index contributed by atoms with van der Waals surface area (Å²) in [6, 6.07) is -0.732. The lowest BCUT2D eigenvalue weighted by atomic mass is 10.2. The molecule has 0 aromatic heterocycles. The zero-order valence-corrected chi connectivity index (χ0v) is 7.46. The fraction of sp³-hybridized carbons (Fsp3) is 0.750. The molecular formula is C8H15NO3. The van der Waals surface area contributed by atoms with Crippen LogP contribution < -0.4 is 5.32 Å². The summed E-state index contributed by atoms with van der Waals surface area (Å²) < 4.78 is 0. The molecule has 4 nitrogen and oxygen atoms in total. The van der Waals surface area contributed by atoms with Crippen LogP contribution in [0.25, 0.3) is 0 Å². The first kappa shape index (κ1) is 10.9. The Balaban J connectivity index is 3.85. The number of carboxylic acid groups (broad SMARTS) is 1. The van der Waals surface area contributed by atoms with E-state index >= 15 is 0 Å². The predicted octanol–water partition coefficient (Wildman–Crippen LogP) is 0.766. The molecule has 0 saturated carbocycles. The van der Waals surface area contributed by atoms with Crippen molar-refractivity contribution >= 4 is 11.9 Å². The van der Waals surface area contributed by atoms with Gasteiger partial charge >= 0.3 is 5.97 Å². The average Bonchev–Trinajstić information content (AvgIpc) is 2.00. The van der Waals surface area contributed by atoms with Crippen LogP contribution in [0.2, 0.25) is 0 Å². The maximum Gasteiger partial charge on any atom is 0.326 e. The molecule has 12 heavy (non-hydrogen) atoms. The number of nitrogens with one attached hydrogen (secondary N) is 1. The summed E-state index contributed by atoms with van der Waals surface area (Å²) in [4.78, 5) is 21.4. The molecule has 70 valence electrons. The van der Waals surface area contributed by atoms with Gasteiger partial charge in [0.25, 0.3) is 0 Å². The van der Waals surface area contributed by atoms with E-state index in [0.29, 0.717) is 12.8 Å². The highest BCUT2D eigenvalue weighted by Crippen LogP contribution is 1.93. The smallest absolute Gasteiger partial charge is 0.326 e. The van der Waals surface area contributed by atoms with Gasteiger partial charge in [-0.15, -0.1) is 0 Å². The fourth-order valence-corrected chi connectivity index (χ4v) is 0.832. The van der Waals surface area contributed by atoms with Crippen molar-refractivity contribution < 1.29 is 14.7 Å². The molecule has 1 amide bonds. The lowest BCUT2D eigenvalue weighted by Crippen LogP contribution is -2.40. The van der Waals surface area contributed by atoms with Gasteiger partial charge in [0.1, 0.15) is 6.04 Å². The highest BCUT2D eigenvalue weighted by atomic mass is 16.4. The first-order valence-corrected chi connectivity index (χ1v) is 4.14. The maximum absolute atomic E-state index is 10.9. The topological polar surface area (TPSA) is 66.4 Å². The van der Waals surface area contributed by atoms with E-state index in [4.69, 9.17) is 5.11 Å². The minimum absolute atomic E-state index is 0.188. The zero-order valence-electron chi connectivity index (χ0n) is 7.46. The highest BCUT2D eigenvalue weighted by molar-refractivity contribution is 5.83. The average molecular weight is 173 g/mol. The molecule has 0 saturated heterocycles. The molecule has 0 aromatic carbocycles. The Morgan fingerprint density at radius 2 is 2.00 bits per heavy atom. The molecule has 0 aliphatic heterocycles. The Kier molecular flexibility index (Phi) is 5.08. The van der Waals surface area contributed by atoms with Crippen molar-refractivity contribution in [2.75, 3.05) is 0 Å². The van der Waals surface area contributed by atoms with Gasteiger partial charge in [-0.2, -0.15) is 0 Å². The Hall–Kier alpha value is -1.06. The van der Waals surface area contributed by atoms with E-state index in [2.05, 4.69) is 5.32 Å². The molecular weight excluding hydrogens is 158 g/mol. The molecule has 0 bridgehead atoms. The first-order valence-electron chi connectivity index (χ1n) is 4.14. The van der Waals surface area contributed by atoms with Crippen molar-refractivity contribution in [3.05, 3.63) is 0 Å². The van der Waals surface area contributed by atoms with Crippen LogP contribution in [-0.4, -0.2) is 23.0 Å². The van der Waals surface area contributed by atoms with Crippen molar-refractivity contribution in [2.24, 2.45) is 0 Å². The van der Waals surface area contributed by atoms with Gasteiger partial charge in [-0.3, -0.25) is 4.79 Å². The van der Waals surface area contributed by atoms with Crippen LogP contribution in [0.15, 0.2) is 0 Å². The van der Waals surface area contributed by atoms with Gasteiger partial charge in [-0.1, -0.05) is 13.8 Å². The van der Waals surface area contributed by atoms with Gasteiger partial charge in [0.05, 0.1) is 0 Å². The minimum atomic E-state index is -0.970. The molecule has 4 heteroatoms. The van der Waals surface area contributed by atoms with Gasteiger partial charge in [-0.25, -0.2) is 4.79 Å². The summed E-state index contributed by atoms with van der Waals surface area (Å²) in [7, 11) is 0. The molecule has 0 unspecified atom stereocenters. The molecule has 0 rings (SSSR count). The van der Waals surface area contributed by atoms with Crippen LogP contribution in [0, 0.1) is 0 Å². The molecule has 0 aliphatic rings. The van der Waals surface area contributed by atoms with E-state index in [9.17, 15) is 9.59 Å². The molecule has 0 aliphatic carbocycles. The third kappa shape index (κ3) is 3.95. The third-order valence-corrected chi connectivity index (χ3v) is 1.52. The highest BCUT2D eigenvalue weighted by Gasteiger charge is 2.16. The summed E-state index contributed by atoms with van der Waals surface area (Å²) in [5, 5.41) is 11.0. The third-order valence-electron chi connectivity index (χ3n) is 1.52. The second-order valence-corrected chi connectivity index (χ2v) is 2.62. The summed E-state index contributed by atoms with van der Waals surface area (Å²) in [6.07, 6.45) is 1.55. The summed E-state index contributed by atoms with van der Waals surface area (Å²) in [5.74, 6) is -1.16. The van der Waals surface area contributed by atoms with E-state index in [1.807, 2.05) is 6.92 Å². The largest absolute Gasteiger partial charge is 0.480 e. The normalized spacial score (nSPS) is 12.2. The standard InChI is InChI=1S/C8H15NO3/c1-3-5-7(10)9-6(4-2)8(11)12/h6H,3-5H2,1-2H3,(H,9,10)(H,11,12)/t6-/m1/s1. The van der Waals surface area contributed by atoms with Crippen LogP contribution in [0.5, 0.6) is 0 Å². The Morgan fingerprint density at radius 1 is 1.42 bits per heavy atom. The fourth-order valence-electron chi connectivity index (χ4n) is 0.832. The Morgan fingerprint density at radius 3 is 2.33 bits per heavy atom. The van der Waals surface area contributed by atoms with E-state index in [0.717, 1.165) is 6.42 Å². The maximum atomic E-state index is 10.9. The van der Waals surface area contributed by atoms with Crippen molar-refractivity contribution in [3.63, 3.8) is 0 Å². The number of hydrogen-bond acceptors (Lipinski definition) is 2. The van der Waals surface area contributed by atoms with E-state index < -0.39 is 12.0 Å². The molecule has 0 spiro atoms. The molecule has 2 N–H and O–H groups in total. The zero-order chi connectivity index (χ0) is 9.56. The van der Waals surface area contributed by atoms with Gasteiger partial charge in [0, 0.05) is 6.42 Å². The summed E-state index contributed by atoms with van der Waals surface area (Å²) in [6.45, 7) is 3.60. The molecule has 0 heterocycles. The molecule has 0 radical (unpaired) electrons. The number of amides is 1. The van der Waals surface area contributed by atoms with Crippen molar-refractivity contribution in [1.82, 2.24) is 5.32 Å². The lowest BCUT2D eigenvalue weighted by molar-refractivity contribution is -0.141. The van der Waals surface area contributed by atoms with Gasteiger partial charge in [-0.05, 0) is 12.8 Å². The number of carbonyl (C=O) groups is 2. The van der Waals surface area contributed by atoms with Crippen LogP contribution >= 0.6 is 0 Å². The van der Waals surface area contributed by atoms with Crippen LogP contribution in [0.1, 0.15) is 33.1 Å². The van der Waals surface area contributed by atoms with Gasteiger partial charge in [0.15, 0.2) is 0 Å². The van der Waals surface area contributed by atoms with Crippen molar-refractivity contribution in [2.45, 2.75) is 39.2 Å². The summed E-state index contributed by atoms with van der Waals surface area (Å²) >= 11 is 0. The van der Waals surface area contributed by atoms with Crippen molar-refractivity contribution in [1.29, 1.82) is 0 Å². The molecule has 0 aromatic rings. The quantitative estimate of drug-likeness (QED) is 0.645. The number of aliphatic carboxylic acids is 1. The number of carbonyl (C=O) groups excluding carboxylic acids is 1. The van der Waals surface area contributed by atoms with Crippen LogP contribution in [0.3, 0.4) is 0 Å². The minimum Gasteiger partial charge on any atom is -0.480 e. The SMILES string of the molecule is CCCC(=O)N[C@H](CC)C(=O)O. The van der Waals surface area contributed by atoms with E-state index in [1.54, 1.807) is 6.92 Å². The molecule has 0 fully saturated rings. The number of hydrogen-bond donors (Lipinski definition) is 2. The monoisotopic (exact) mass is 173 g/mol. The van der Waals surface area contributed by atoms with E-state index in [-0.39, 0.29) is 5.91 Å². The second kappa shape index (κ2) is 5.57. The summed E-state index contributed by atoms with van der Waals surface area (Å²) in [5.41, 5.74) is 0. The Labute approximate surface area is 72.0 Å². The lowest BCUT2D eigenvalue weighted by Gasteiger charge is -2.11. The Bertz CT molecular complexity index is 168. The van der Waals surface area contributed by atoms with Crippen LogP contribution in [0.4, 0.5) is 0 Å². The second-order valence-electron chi connectivity index (χ2n) is 2.62. The molecule has 1 atom stereocenters. The number of rotatable bonds is 5. The van der Waals surface area contributed by atoms with E-state index in [1.165, 1.54) is 0 Å².